The quantitative estimate of drug-likeness (QED) is 0.693. The lowest BCUT2D eigenvalue weighted by Gasteiger charge is -2.28. The molecule has 0 unspecified atom stereocenters. The molecule has 8 heteroatoms. The molecule has 2 heterocycles. The molecule has 4 rings (SSSR count). The Kier molecular flexibility index (Phi) is 4.67. The first-order valence-corrected chi connectivity index (χ1v) is 9.05. The number of anilines is 1. The molecule has 2 aromatic carbocycles. The van der Waals surface area contributed by atoms with Crippen molar-refractivity contribution < 1.29 is 14.3 Å². The lowest BCUT2D eigenvalue weighted by molar-refractivity contribution is -0.115. The number of amides is 1. The van der Waals surface area contributed by atoms with E-state index >= 15 is 0 Å². The summed E-state index contributed by atoms with van der Waals surface area (Å²) in [7, 11) is 3.20. The standard InChI is InChI=1S/C21H21N5O3/c1-12-17(19(22)27)18(15-6-4-5-7-16(15)29-3)26-21(23-12)24-20(25-26)13-8-10-14(28-2)11-9-13/h4-11,18H,1-3H3,(H2,22,27)(H,23,24,25)/t18-/m0/s1. The van der Waals surface area contributed by atoms with E-state index in [2.05, 4.69) is 15.4 Å². The SMILES string of the molecule is COc1ccc(-c2nc3n(n2)[C@@H](c2ccccc2OC)C(C(N)=O)=C(C)N3)cc1. The van der Waals surface area contributed by atoms with Gasteiger partial charge in [-0.2, -0.15) is 4.98 Å². The van der Waals surface area contributed by atoms with E-state index in [1.165, 1.54) is 0 Å². The van der Waals surface area contributed by atoms with Gasteiger partial charge in [-0.1, -0.05) is 18.2 Å². The summed E-state index contributed by atoms with van der Waals surface area (Å²) in [6.45, 7) is 1.80. The van der Waals surface area contributed by atoms with Gasteiger partial charge in [0.05, 0.1) is 19.8 Å². The molecule has 1 aliphatic heterocycles. The number of ether oxygens (including phenoxy) is 2. The predicted molar refractivity (Wildman–Crippen MR) is 109 cm³/mol. The second-order valence-corrected chi connectivity index (χ2v) is 6.60. The fraction of sp³-hybridized carbons (Fsp3) is 0.190. The average molecular weight is 391 g/mol. The van der Waals surface area contributed by atoms with E-state index in [0.717, 1.165) is 16.9 Å². The lowest BCUT2D eigenvalue weighted by Crippen LogP contribution is -2.32. The van der Waals surface area contributed by atoms with E-state index in [4.69, 9.17) is 15.2 Å². The normalized spacial score (nSPS) is 15.5. The Morgan fingerprint density at radius 3 is 2.48 bits per heavy atom. The molecule has 148 valence electrons. The minimum atomic E-state index is -0.556. The van der Waals surface area contributed by atoms with Crippen molar-refractivity contribution in [2.24, 2.45) is 5.73 Å². The first-order valence-electron chi connectivity index (χ1n) is 9.05. The molecule has 1 aromatic heterocycles. The summed E-state index contributed by atoms with van der Waals surface area (Å²) >= 11 is 0. The van der Waals surface area contributed by atoms with E-state index in [1.54, 1.807) is 25.8 Å². The van der Waals surface area contributed by atoms with Crippen LogP contribution in [0.15, 0.2) is 59.8 Å². The zero-order valence-electron chi connectivity index (χ0n) is 16.3. The highest BCUT2D eigenvalue weighted by Gasteiger charge is 2.34. The van der Waals surface area contributed by atoms with Gasteiger partial charge in [0.1, 0.15) is 17.5 Å². The van der Waals surface area contributed by atoms with E-state index in [9.17, 15) is 4.79 Å². The molecule has 29 heavy (non-hydrogen) atoms. The van der Waals surface area contributed by atoms with Crippen LogP contribution >= 0.6 is 0 Å². The molecule has 1 aliphatic rings. The highest BCUT2D eigenvalue weighted by Crippen LogP contribution is 2.39. The van der Waals surface area contributed by atoms with Crippen LogP contribution in [0.3, 0.4) is 0 Å². The maximum atomic E-state index is 12.3. The van der Waals surface area contributed by atoms with Crippen LogP contribution in [0, 0.1) is 0 Å². The Balaban J connectivity index is 1.87. The number of primary amides is 1. The van der Waals surface area contributed by atoms with Gasteiger partial charge in [-0.15, -0.1) is 5.10 Å². The number of nitrogens with zero attached hydrogens (tertiary/aromatic N) is 3. The summed E-state index contributed by atoms with van der Waals surface area (Å²) in [4.78, 5) is 16.9. The number of nitrogens with two attached hydrogens (primary N) is 1. The zero-order valence-corrected chi connectivity index (χ0v) is 16.3. The lowest BCUT2D eigenvalue weighted by atomic mass is 9.94. The highest BCUT2D eigenvalue weighted by atomic mass is 16.5. The van der Waals surface area contributed by atoms with Gasteiger partial charge < -0.3 is 20.5 Å². The zero-order chi connectivity index (χ0) is 20.5. The first-order chi connectivity index (χ1) is 14.0. The fourth-order valence-electron chi connectivity index (χ4n) is 3.51. The van der Waals surface area contributed by atoms with Gasteiger partial charge in [0.15, 0.2) is 5.82 Å². The Morgan fingerprint density at radius 1 is 1.10 bits per heavy atom. The van der Waals surface area contributed by atoms with E-state index in [1.807, 2.05) is 48.5 Å². The van der Waals surface area contributed by atoms with Crippen LogP contribution in [0.25, 0.3) is 11.4 Å². The number of carbonyl (C=O) groups is 1. The number of nitrogens with one attached hydrogen (secondary N) is 1. The number of hydrogen-bond donors (Lipinski definition) is 2. The molecule has 0 saturated heterocycles. The molecule has 0 radical (unpaired) electrons. The van der Waals surface area contributed by atoms with Crippen LogP contribution in [-0.4, -0.2) is 34.9 Å². The molecule has 3 N–H and O–H groups in total. The molecular weight excluding hydrogens is 370 g/mol. The number of para-hydroxylation sites is 1. The van der Waals surface area contributed by atoms with Crippen LogP contribution in [0.1, 0.15) is 18.5 Å². The summed E-state index contributed by atoms with van der Waals surface area (Å²) < 4.78 is 12.4. The maximum Gasteiger partial charge on any atom is 0.248 e. The van der Waals surface area contributed by atoms with Crippen LogP contribution in [-0.2, 0) is 4.79 Å². The van der Waals surface area contributed by atoms with Gasteiger partial charge in [-0.25, -0.2) is 4.68 Å². The smallest absolute Gasteiger partial charge is 0.248 e. The van der Waals surface area contributed by atoms with Gasteiger partial charge in [0.2, 0.25) is 11.9 Å². The molecule has 3 aromatic rings. The second kappa shape index (κ2) is 7.31. The summed E-state index contributed by atoms with van der Waals surface area (Å²) in [5.74, 6) is 1.90. The van der Waals surface area contributed by atoms with Crippen molar-refractivity contribution in [3.63, 3.8) is 0 Å². The van der Waals surface area contributed by atoms with Crippen molar-refractivity contribution in [3.05, 3.63) is 65.4 Å². The van der Waals surface area contributed by atoms with Crippen LogP contribution < -0.4 is 20.5 Å². The fourth-order valence-corrected chi connectivity index (χ4v) is 3.51. The van der Waals surface area contributed by atoms with E-state index in [0.29, 0.717) is 28.8 Å². The molecular formula is C21H21N5O3. The van der Waals surface area contributed by atoms with Gasteiger partial charge in [0, 0.05) is 16.8 Å². The van der Waals surface area contributed by atoms with Crippen molar-refractivity contribution in [2.45, 2.75) is 13.0 Å². The topological polar surface area (TPSA) is 104 Å². The monoisotopic (exact) mass is 391 g/mol. The third-order valence-corrected chi connectivity index (χ3v) is 4.90. The molecule has 0 spiro atoms. The van der Waals surface area contributed by atoms with Crippen molar-refractivity contribution in [3.8, 4) is 22.9 Å². The third-order valence-electron chi connectivity index (χ3n) is 4.90. The second-order valence-electron chi connectivity index (χ2n) is 6.60. The third kappa shape index (κ3) is 3.18. The van der Waals surface area contributed by atoms with Crippen molar-refractivity contribution in [1.82, 2.24) is 14.8 Å². The Bertz CT molecular complexity index is 1100. The number of rotatable bonds is 5. The number of carbonyl (C=O) groups excluding carboxylic acids is 1. The molecule has 0 saturated carbocycles. The Morgan fingerprint density at radius 2 is 1.83 bits per heavy atom. The molecule has 0 bridgehead atoms. The number of benzene rings is 2. The van der Waals surface area contributed by atoms with Crippen molar-refractivity contribution in [2.75, 3.05) is 19.5 Å². The summed E-state index contributed by atoms with van der Waals surface area (Å²) in [6.07, 6.45) is 0. The summed E-state index contributed by atoms with van der Waals surface area (Å²) in [5, 5.41) is 7.83. The van der Waals surface area contributed by atoms with Crippen LogP contribution in [0.5, 0.6) is 11.5 Å². The summed E-state index contributed by atoms with van der Waals surface area (Å²) in [6, 6.07) is 14.4. The minimum Gasteiger partial charge on any atom is -0.497 e. The van der Waals surface area contributed by atoms with E-state index in [-0.39, 0.29) is 0 Å². The van der Waals surface area contributed by atoms with Gasteiger partial charge in [-0.3, -0.25) is 4.79 Å². The number of hydrogen-bond acceptors (Lipinski definition) is 6. The van der Waals surface area contributed by atoms with Gasteiger partial charge in [-0.05, 0) is 37.3 Å². The number of methoxy groups -OCH3 is 2. The van der Waals surface area contributed by atoms with E-state index < -0.39 is 11.9 Å². The predicted octanol–water partition coefficient (Wildman–Crippen LogP) is 2.74. The Labute approximate surface area is 168 Å². The highest BCUT2D eigenvalue weighted by molar-refractivity contribution is 5.95. The molecule has 0 aliphatic carbocycles. The molecule has 1 atom stereocenters. The maximum absolute atomic E-state index is 12.3. The number of fused-ring (bicyclic) bond motifs is 1. The number of aromatic nitrogens is 3. The molecule has 8 nitrogen and oxygen atoms in total. The van der Waals surface area contributed by atoms with Gasteiger partial charge in [0.25, 0.3) is 0 Å². The summed E-state index contributed by atoms with van der Waals surface area (Å²) in [5.41, 5.74) is 8.38. The van der Waals surface area contributed by atoms with Crippen LogP contribution in [0.2, 0.25) is 0 Å². The minimum absolute atomic E-state index is 0.410. The molecule has 0 fully saturated rings. The van der Waals surface area contributed by atoms with Crippen molar-refractivity contribution in [1.29, 1.82) is 0 Å². The Hall–Kier alpha value is -3.81. The average Bonchev–Trinajstić information content (AvgIpc) is 3.16. The molecule has 1 amide bonds. The largest absolute Gasteiger partial charge is 0.497 e. The first kappa shape index (κ1) is 18.5. The van der Waals surface area contributed by atoms with Crippen LogP contribution in [0.4, 0.5) is 5.95 Å². The number of allylic oxidation sites excluding steroid dienone is 1. The van der Waals surface area contributed by atoms with Gasteiger partial charge >= 0.3 is 0 Å². The van der Waals surface area contributed by atoms with Crippen molar-refractivity contribution >= 4 is 11.9 Å².